The number of halogens is 1. The van der Waals surface area contributed by atoms with Gasteiger partial charge >= 0.3 is 0 Å². The molecule has 0 bridgehead atoms. The van der Waals surface area contributed by atoms with Gasteiger partial charge < -0.3 is 14.8 Å². The largest absolute Gasteiger partial charge is 0.490 e. The fraction of sp³-hybridized carbons (Fsp3) is 0.156. The number of amidine groups is 1. The molecule has 1 aliphatic heterocycles. The molecule has 0 fully saturated rings. The highest BCUT2D eigenvalue weighted by Gasteiger charge is 2.35. The van der Waals surface area contributed by atoms with Crippen LogP contribution in [0.25, 0.3) is 6.08 Å². The van der Waals surface area contributed by atoms with E-state index in [0.717, 1.165) is 37.6 Å². The second-order valence-electron chi connectivity index (χ2n) is 12.2. The SMILES string of the molecule is C=C/C=C\C(=C/C)N1C(=O)/C(=C/c2cc(CC=C)c(OCc3ccc(I)cc3)c(OCC)c2)C(=O)N=C1SCC(=O)NC(c1ccccc1)c1ccccc1. The van der Waals surface area contributed by atoms with E-state index in [0.29, 0.717) is 42.4 Å². The summed E-state index contributed by atoms with van der Waals surface area (Å²) in [4.78, 5) is 47.3. The Morgan fingerprint density at radius 1 is 0.964 bits per heavy atom. The van der Waals surface area contributed by atoms with Crippen LogP contribution in [0.3, 0.4) is 0 Å². The summed E-state index contributed by atoms with van der Waals surface area (Å²) in [6.45, 7) is 12.0. The lowest BCUT2D eigenvalue weighted by Gasteiger charge is -2.28. The summed E-state index contributed by atoms with van der Waals surface area (Å²) in [6.07, 6.45) is 10.4. The van der Waals surface area contributed by atoms with Crippen molar-refractivity contribution in [3.63, 3.8) is 0 Å². The van der Waals surface area contributed by atoms with Gasteiger partial charge in [0.15, 0.2) is 16.7 Å². The maximum Gasteiger partial charge on any atom is 0.285 e. The lowest BCUT2D eigenvalue weighted by atomic mass is 9.99. The quantitative estimate of drug-likeness (QED) is 0.0397. The first-order valence-corrected chi connectivity index (χ1v) is 19.8. The first kappa shape index (κ1) is 40.7. The monoisotopic (exact) mass is 863 g/mol. The number of nitrogens with one attached hydrogen (secondary N) is 1. The number of amides is 3. The van der Waals surface area contributed by atoms with Crippen LogP contribution in [0.1, 0.15) is 47.7 Å². The van der Waals surface area contributed by atoms with Gasteiger partial charge in [0.2, 0.25) is 5.91 Å². The molecule has 0 aromatic heterocycles. The summed E-state index contributed by atoms with van der Waals surface area (Å²) in [7, 11) is 0. The smallest absolute Gasteiger partial charge is 0.285 e. The predicted octanol–water partition coefficient (Wildman–Crippen LogP) is 9.39. The van der Waals surface area contributed by atoms with Crippen molar-refractivity contribution in [1.29, 1.82) is 0 Å². The van der Waals surface area contributed by atoms with Crippen molar-refractivity contribution in [1.82, 2.24) is 10.2 Å². The van der Waals surface area contributed by atoms with E-state index in [1.165, 1.54) is 11.0 Å². The van der Waals surface area contributed by atoms with Gasteiger partial charge in [0.1, 0.15) is 12.2 Å². The van der Waals surface area contributed by atoms with Crippen molar-refractivity contribution in [3.05, 3.63) is 183 Å². The molecule has 1 heterocycles. The van der Waals surface area contributed by atoms with Gasteiger partial charge in [0.05, 0.1) is 18.4 Å². The summed E-state index contributed by atoms with van der Waals surface area (Å²) in [6, 6.07) is 30.6. The number of allylic oxidation sites excluding steroid dienone is 5. The molecule has 0 spiro atoms. The summed E-state index contributed by atoms with van der Waals surface area (Å²) in [5.41, 5.74) is 4.49. The highest BCUT2D eigenvalue weighted by atomic mass is 127. The number of nitrogens with zero attached hydrogens (tertiary/aromatic N) is 2. The molecule has 0 saturated carbocycles. The van der Waals surface area contributed by atoms with E-state index in [-0.39, 0.29) is 22.4 Å². The lowest BCUT2D eigenvalue weighted by molar-refractivity contribution is -0.126. The van der Waals surface area contributed by atoms with Crippen LogP contribution in [0.2, 0.25) is 0 Å². The minimum Gasteiger partial charge on any atom is -0.490 e. The molecule has 1 aliphatic rings. The number of carbonyl (C=O) groups is 3. The van der Waals surface area contributed by atoms with Crippen LogP contribution in [0.4, 0.5) is 0 Å². The van der Waals surface area contributed by atoms with E-state index in [1.807, 2.05) is 97.9 Å². The number of ether oxygens (including phenoxy) is 2. The van der Waals surface area contributed by atoms with Crippen molar-refractivity contribution < 1.29 is 23.9 Å². The molecule has 1 N–H and O–H groups in total. The maximum atomic E-state index is 14.3. The number of benzene rings is 4. The van der Waals surface area contributed by atoms with Gasteiger partial charge in [0, 0.05) is 14.8 Å². The van der Waals surface area contributed by atoms with Gasteiger partial charge in [-0.2, -0.15) is 4.99 Å². The van der Waals surface area contributed by atoms with Gasteiger partial charge in [-0.15, -0.1) is 6.58 Å². The third-order valence-electron chi connectivity index (χ3n) is 8.34. The van der Waals surface area contributed by atoms with E-state index in [2.05, 4.69) is 46.1 Å². The van der Waals surface area contributed by atoms with Crippen molar-refractivity contribution in [2.75, 3.05) is 12.4 Å². The van der Waals surface area contributed by atoms with Crippen LogP contribution < -0.4 is 14.8 Å². The Balaban J connectivity index is 1.45. The number of aliphatic imine (C=N–C) groups is 1. The molecule has 3 amide bonds. The Bertz CT molecular complexity index is 2100. The third-order valence-corrected chi connectivity index (χ3v) is 10.00. The minimum absolute atomic E-state index is 0.0850. The highest BCUT2D eigenvalue weighted by Crippen LogP contribution is 2.36. The number of rotatable bonds is 16. The molecule has 4 aromatic carbocycles. The zero-order chi connectivity index (χ0) is 39.2. The maximum absolute atomic E-state index is 14.3. The third kappa shape index (κ3) is 10.8. The zero-order valence-electron chi connectivity index (χ0n) is 30.7. The summed E-state index contributed by atoms with van der Waals surface area (Å²) in [5, 5.41) is 3.20. The summed E-state index contributed by atoms with van der Waals surface area (Å²) < 4.78 is 13.5. The van der Waals surface area contributed by atoms with E-state index < -0.39 is 17.9 Å². The molecule has 0 unspecified atom stereocenters. The standard InChI is InChI=1S/C45H42IN3O5S/c1-5-9-21-37(7-3)49-44(52)38(27-32-26-35(16-6-2)42(39(28-32)53-8-4)54-29-31-22-24-36(46)25-23-31)43(51)48-45(49)55-30-40(50)47-41(33-17-12-10-13-18-33)34-19-14-11-15-20-34/h5-7,9-15,17-28,41H,1-2,8,16,29-30H2,3-4H3,(H,47,50)/b21-9-,37-7+,38-27+. The molecule has 0 radical (unpaired) electrons. The highest BCUT2D eigenvalue weighted by molar-refractivity contribution is 14.1. The van der Waals surface area contributed by atoms with Gasteiger partial charge in [-0.1, -0.05) is 115 Å². The predicted molar refractivity (Wildman–Crippen MR) is 231 cm³/mol. The molecular weight excluding hydrogens is 821 g/mol. The fourth-order valence-corrected chi connectivity index (χ4v) is 6.96. The van der Waals surface area contributed by atoms with E-state index in [1.54, 1.807) is 43.4 Å². The second kappa shape index (κ2) is 20.3. The van der Waals surface area contributed by atoms with Crippen molar-refractivity contribution in [2.45, 2.75) is 32.9 Å². The Morgan fingerprint density at radius 3 is 2.24 bits per heavy atom. The molecule has 5 rings (SSSR count). The Hall–Kier alpha value is -5.46. The minimum atomic E-state index is -0.721. The van der Waals surface area contributed by atoms with Gasteiger partial charge in [-0.05, 0) is 102 Å². The van der Waals surface area contributed by atoms with Crippen molar-refractivity contribution >= 4 is 63.3 Å². The van der Waals surface area contributed by atoms with Crippen molar-refractivity contribution in [3.8, 4) is 11.5 Å². The van der Waals surface area contributed by atoms with Gasteiger partial charge in [0.25, 0.3) is 11.8 Å². The number of carbonyl (C=O) groups excluding carboxylic acids is 3. The average Bonchev–Trinajstić information content (AvgIpc) is 3.20. The first-order valence-electron chi connectivity index (χ1n) is 17.7. The Kier molecular flexibility index (Phi) is 15.0. The number of thioether (sulfide) groups is 1. The fourth-order valence-electron chi connectivity index (χ4n) is 5.80. The van der Waals surface area contributed by atoms with Gasteiger partial charge in [-0.25, -0.2) is 0 Å². The van der Waals surface area contributed by atoms with Crippen LogP contribution in [-0.4, -0.2) is 40.1 Å². The van der Waals surface area contributed by atoms with Crippen LogP contribution >= 0.6 is 34.4 Å². The van der Waals surface area contributed by atoms with Crippen LogP contribution in [0, 0.1) is 3.57 Å². The molecular formula is C45H42IN3O5S. The molecule has 4 aromatic rings. The molecule has 55 heavy (non-hydrogen) atoms. The van der Waals surface area contributed by atoms with E-state index >= 15 is 0 Å². The van der Waals surface area contributed by atoms with Crippen molar-refractivity contribution in [2.24, 2.45) is 4.99 Å². The van der Waals surface area contributed by atoms with E-state index in [4.69, 9.17) is 9.47 Å². The normalized spacial score (nSPS) is 14.0. The molecule has 0 saturated heterocycles. The summed E-state index contributed by atoms with van der Waals surface area (Å²) in [5.74, 6) is -0.658. The molecule has 280 valence electrons. The molecule has 10 heteroatoms. The van der Waals surface area contributed by atoms with Crippen LogP contribution in [-0.2, 0) is 27.4 Å². The Labute approximate surface area is 340 Å². The lowest BCUT2D eigenvalue weighted by Crippen LogP contribution is -2.42. The average molecular weight is 864 g/mol. The van der Waals surface area contributed by atoms with Crippen LogP contribution in [0.5, 0.6) is 11.5 Å². The molecule has 0 aliphatic carbocycles. The van der Waals surface area contributed by atoms with Crippen LogP contribution in [0.15, 0.2) is 157 Å². The Morgan fingerprint density at radius 2 is 1.64 bits per heavy atom. The summed E-state index contributed by atoms with van der Waals surface area (Å²) >= 11 is 3.27. The van der Waals surface area contributed by atoms with Gasteiger partial charge in [-0.3, -0.25) is 19.3 Å². The topological polar surface area (TPSA) is 97.3 Å². The number of hydrogen-bond acceptors (Lipinski definition) is 6. The molecule has 0 atom stereocenters. The number of hydrogen-bond donors (Lipinski definition) is 1. The first-order chi connectivity index (χ1) is 26.8. The second-order valence-corrected chi connectivity index (χ2v) is 14.4. The molecule has 8 nitrogen and oxygen atoms in total. The van der Waals surface area contributed by atoms with E-state index in [9.17, 15) is 14.4 Å². The zero-order valence-corrected chi connectivity index (χ0v) is 33.7.